The van der Waals surface area contributed by atoms with Crippen molar-refractivity contribution in [1.82, 2.24) is 0 Å². The van der Waals surface area contributed by atoms with Crippen LogP contribution in [0.25, 0.3) is 0 Å². The maximum Gasteiger partial charge on any atom is 0.460 e. The van der Waals surface area contributed by atoms with E-state index in [9.17, 15) is 62.2 Å². The average Bonchev–Trinajstić information content (AvgIpc) is 2.52. The van der Waals surface area contributed by atoms with Crippen LogP contribution in [0.1, 0.15) is 18.1 Å². The number of hydrogen-bond donors (Lipinski definition) is 1. The van der Waals surface area contributed by atoms with E-state index in [0.29, 0.717) is 0 Å². The quantitative estimate of drug-likeness (QED) is 0.297. The minimum absolute atomic E-state index is 0.246. The molecule has 1 N–H and O–H groups in total. The second kappa shape index (κ2) is 7.60. The third-order valence-corrected chi connectivity index (χ3v) is 4.35. The van der Waals surface area contributed by atoms with Gasteiger partial charge in [-0.3, -0.25) is 0 Å². The van der Waals surface area contributed by atoms with Crippen molar-refractivity contribution in [2.24, 2.45) is 0 Å². The van der Waals surface area contributed by atoms with Crippen molar-refractivity contribution in [3.63, 3.8) is 0 Å². The van der Waals surface area contributed by atoms with E-state index in [0.717, 1.165) is 18.2 Å². The lowest BCUT2D eigenvalue weighted by atomic mass is 9.90. The molecule has 1 aromatic carbocycles. The molecule has 0 aliphatic rings. The minimum atomic E-state index is -7.95. The highest BCUT2D eigenvalue weighted by atomic mass is 127. The fraction of sp³-hybridized carbons (Fsp3) is 0.571. The SMILES string of the molecule is OC(CC(F)(F)C(F)(F)C(F)(F)C(F)(F)C(F)(F)C(F)(F)F)c1cccc(I)c1. The molecular formula is C14H8F13IO. The Hall–Kier alpha value is -1.00. The predicted octanol–water partition coefficient (Wildman–Crippen LogP) is 6.45. The predicted molar refractivity (Wildman–Crippen MR) is 79.5 cm³/mol. The molecule has 1 atom stereocenters. The number of rotatable bonds is 7. The molecule has 1 aromatic rings. The number of benzene rings is 1. The summed E-state index contributed by atoms with van der Waals surface area (Å²) < 4.78 is 169. The van der Waals surface area contributed by atoms with E-state index in [2.05, 4.69) is 0 Å². The Labute approximate surface area is 167 Å². The number of aliphatic hydroxyl groups excluding tert-OH is 1. The molecule has 0 aliphatic heterocycles. The molecule has 29 heavy (non-hydrogen) atoms. The van der Waals surface area contributed by atoms with Gasteiger partial charge >= 0.3 is 35.8 Å². The Morgan fingerprint density at radius 3 is 1.59 bits per heavy atom. The molecule has 0 aliphatic carbocycles. The Bertz CT molecular complexity index is 728. The summed E-state index contributed by atoms with van der Waals surface area (Å²) in [6, 6.07) is 4.23. The zero-order valence-corrected chi connectivity index (χ0v) is 15.5. The lowest BCUT2D eigenvalue weighted by Crippen LogP contribution is -2.70. The summed E-state index contributed by atoms with van der Waals surface area (Å²) in [6.45, 7) is 0. The first kappa shape index (κ1) is 26.0. The van der Waals surface area contributed by atoms with Gasteiger partial charge in [-0.1, -0.05) is 12.1 Å². The van der Waals surface area contributed by atoms with Gasteiger partial charge in [0.25, 0.3) is 0 Å². The molecule has 0 saturated carbocycles. The van der Waals surface area contributed by atoms with Crippen LogP contribution in [0.5, 0.6) is 0 Å². The van der Waals surface area contributed by atoms with Crippen molar-refractivity contribution in [1.29, 1.82) is 0 Å². The van der Waals surface area contributed by atoms with Crippen LogP contribution >= 0.6 is 22.6 Å². The lowest BCUT2D eigenvalue weighted by molar-refractivity contribution is -0.440. The fourth-order valence-corrected chi connectivity index (χ4v) is 2.57. The van der Waals surface area contributed by atoms with Crippen LogP contribution < -0.4 is 0 Å². The summed E-state index contributed by atoms with van der Waals surface area (Å²) >= 11 is 1.58. The van der Waals surface area contributed by atoms with E-state index in [-0.39, 0.29) is 3.57 Å². The number of halogens is 14. The normalized spacial score (nSPS) is 16.1. The first-order chi connectivity index (χ1) is 12.6. The Balaban J connectivity index is 3.35. The molecule has 0 fully saturated rings. The number of alkyl halides is 13. The zero-order chi connectivity index (χ0) is 23.3. The second-order valence-corrected chi connectivity index (χ2v) is 7.02. The molecule has 1 unspecified atom stereocenters. The molecule has 0 heterocycles. The van der Waals surface area contributed by atoms with Crippen LogP contribution in [0.15, 0.2) is 24.3 Å². The molecule has 168 valence electrons. The van der Waals surface area contributed by atoms with Crippen molar-refractivity contribution >= 4 is 22.6 Å². The summed E-state index contributed by atoms with van der Waals surface area (Å²) in [5.74, 6) is -37.3. The van der Waals surface area contributed by atoms with E-state index >= 15 is 0 Å². The maximum absolute atomic E-state index is 13.7. The largest absolute Gasteiger partial charge is 0.460 e. The van der Waals surface area contributed by atoms with Crippen molar-refractivity contribution < 1.29 is 62.2 Å². The fourth-order valence-electron chi connectivity index (χ4n) is 2.00. The molecule has 0 radical (unpaired) electrons. The molecule has 0 saturated heterocycles. The highest BCUT2D eigenvalue weighted by molar-refractivity contribution is 14.1. The van der Waals surface area contributed by atoms with Crippen molar-refractivity contribution in [3.05, 3.63) is 33.4 Å². The molecule has 0 amide bonds. The van der Waals surface area contributed by atoms with Crippen LogP contribution in [-0.4, -0.2) is 40.9 Å². The van der Waals surface area contributed by atoms with Crippen LogP contribution in [0, 0.1) is 3.57 Å². The molecule has 0 spiro atoms. The Kier molecular flexibility index (Phi) is 6.82. The monoisotopic (exact) mass is 566 g/mol. The second-order valence-electron chi connectivity index (χ2n) is 5.77. The van der Waals surface area contributed by atoms with Gasteiger partial charge in [0.1, 0.15) is 0 Å². The van der Waals surface area contributed by atoms with E-state index in [1.165, 1.54) is 6.07 Å². The first-order valence-electron chi connectivity index (χ1n) is 7.03. The minimum Gasteiger partial charge on any atom is -0.388 e. The Morgan fingerprint density at radius 2 is 1.17 bits per heavy atom. The van der Waals surface area contributed by atoms with Gasteiger partial charge in [-0.25, -0.2) is 0 Å². The molecule has 0 aromatic heterocycles. The van der Waals surface area contributed by atoms with E-state index in [1.807, 2.05) is 0 Å². The van der Waals surface area contributed by atoms with Crippen LogP contribution in [-0.2, 0) is 0 Å². The average molecular weight is 566 g/mol. The van der Waals surface area contributed by atoms with Gasteiger partial charge < -0.3 is 5.11 Å². The third kappa shape index (κ3) is 4.25. The summed E-state index contributed by atoms with van der Waals surface area (Å²) in [5, 5.41) is 9.52. The highest BCUT2D eigenvalue weighted by Gasteiger charge is 2.90. The van der Waals surface area contributed by atoms with Crippen molar-refractivity contribution in [3.8, 4) is 0 Å². The maximum atomic E-state index is 13.7. The van der Waals surface area contributed by atoms with E-state index in [1.54, 1.807) is 22.6 Å². The zero-order valence-electron chi connectivity index (χ0n) is 13.3. The van der Waals surface area contributed by atoms with E-state index < -0.39 is 53.9 Å². The van der Waals surface area contributed by atoms with Gasteiger partial charge in [0, 0.05) is 9.99 Å². The summed E-state index contributed by atoms with van der Waals surface area (Å²) in [5.41, 5.74) is -0.553. The molecular weight excluding hydrogens is 558 g/mol. The number of hydrogen-bond acceptors (Lipinski definition) is 1. The standard InChI is InChI=1S/C14H8F13IO/c15-9(16,5-8(29)6-2-1-3-7(28)4-6)10(17,18)11(19,20)12(21,22)13(23,24)14(25,26)27/h1-4,8,29H,5H2. The molecule has 1 rings (SSSR count). The third-order valence-electron chi connectivity index (χ3n) is 3.68. The van der Waals surface area contributed by atoms with E-state index in [4.69, 9.17) is 0 Å². The van der Waals surface area contributed by atoms with Gasteiger partial charge in [-0.05, 0) is 40.3 Å². The first-order valence-corrected chi connectivity index (χ1v) is 8.10. The van der Waals surface area contributed by atoms with Gasteiger partial charge in [0.15, 0.2) is 0 Å². The summed E-state index contributed by atoms with van der Waals surface area (Å²) in [6.07, 6.45) is -12.8. The van der Waals surface area contributed by atoms with Crippen molar-refractivity contribution in [2.75, 3.05) is 0 Å². The molecule has 1 nitrogen and oxygen atoms in total. The van der Waals surface area contributed by atoms with Gasteiger partial charge in [-0.15, -0.1) is 0 Å². The number of aliphatic hydroxyl groups is 1. The van der Waals surface area contributed by atoms with Crippen LogP contribution in [0.3, 0.4) is 0 Å². The van der Waals surface area contributed by atoms with Crippen molar-refractivity contribution in [2.45, 2.75) is 48.3 Å². The summed E-state index contributed by atoms with van der Waals surface area (Å²) in [7, 11) is 0. The topological polar surface area (TPSA) is 20.2 Å². The highest BCUT2D eigenvalue weighted by Crippen LogP contribution is 2.61. The van der Waals surface area contributed by atoms with Gasteiger partial charge in [0.2, 0.25) is 0 Å². The summed E-state index contributed by atoms with van der Waals surface area (Å²) in [4.78, 5) is 0. The lowest BCUT2D eigenvalue weighted by Gasteiger charge is -2.40. The smallest absolute Gasteiger partial charge is 0.388 e. The van der Waals surface area contributed by atoms with Crippen LogP contribution in [0.4, 0.5) is 57.1 Å². The Morgan fingerprint density at radius 1 is 0.724 bits per heavy atom. The van der Waals surface area contributed by atoms with Gasteiger partial charge in [0.05, 0.1) is 6.10 Å². The molecule has 15 heteroatoms. The van der Waals surface area contributed by atoms with Gasteiger partial charge in [-0.2, -0.15) is 57.1 Å². The van der Waals surface area contributed by atoms with Crippen LogP contribution in [0.2, 0.25) is 0 Å². The molecule has 0 bridgehead atoms.